The first-order chi connectivity index (χ1) is 9.25. The minimum Gasteiger partial charge on any atom is -0.390 e. The van der Waals surface area contributed by atoms with Crippen molar-refractivity contribution in [1.29, 1.82) is 0 Å². The third-order valence-electron chi connectivity index (χ3n) is 3.22. The van der Waals surface area contributed by atoms with Gasteiger partial charge in [0.1, 0.15) is 4.90 Å². The van der Waals surface area contributed by atoms with Gasteiger partial charge in [-0.1, -0.05) is 39.1 Å². The first-order valence-corrected chi connectivity index (χ1v) is 8.75. The van der Waals surface area contributed by atoms with E-state index in [0.717, 1.165) is 4.31 Å². The van der Waals surface area contributed by atoms with Gasteiger partial charge in [-0.25, -0.2) is 8.42 Å². The predicted octanol–water partition coefficient (Wildman–Crippen LogP) is 1.71. The number of hydrogen-bond donors (Lipinski definition) is 2. The van der Waals surface area contributed by atoms with E-state index in [1.807, 2.05) is 0 Å². The molecule has 1 aliphatic rings. The molecule has 1 aromatic carbocycles. The van der Waals surface area contributed by atoms with E-state index in [0.29, 0.717) is 17.6 Å². The topological polar surface area (TPSA) is 69.6 Å². The molecule has 0 aliphatic carbocycles. The average Bonchev–Trinajstić information content (AvgIpc) is 2.72. The van der Waals surface area contributed by atoms with Crippen LogP contribution in [0.1, 0.15) is 0 Å². The highest BCUT2D eigenvalue weighted by Gasteiger charge is 2.37. The number of nitrogens with zero attached hydrogens (tertiary/aromatic N) is 1. The normalized spacial score (nSPS) is 23.5. The van der Waals surface area contributed by atoms with E-state index in [4.69, 9.17) is 23.2 Å². The van der Waals surface area contributed by atoms with Gasteiger partial charge in [-0.05, 0) is 12.1 Å². The Morgan fingerprint density at radius 1 is 1.35 bits per heavy atom. The predicted molar refractivity (Wildman–Crippen MR) is 81.8 cm³/mol. The Labute approximate surface area is 136 Å². The highest BCUT2D eigenvalue weighted by Crippen LogP contribution is 2.35. The molecule has 0 amide bonds. The second-order valence-electron chi connectivity index (χ2n) is 4.51. The van der Waals surface area contributed by atoms with Crippen LogP contribution in [0.4, 0.5) is 0 Å². The van der Waals surface area contributed by atoms with Crippen LogP contribution in [0.5, 0.6) is 0 Å². The number of nitrogens with one attached hydrogen (secondary N) is 1. The van der Waals surface area contributed by atoms with Gasteiger partial charge in [0.25, 0.3) is 0 Å². The molecule has 1 aromatic rings. The summed E-state index contributed by atoms with van der Waals surface area (Å²) in [5.41, 5.74) is 0. The number of aliphatic hydroxyl groups excluding tert-OH is 1. The Morgan fingerprint density at radius 3 is 2.35 bits per heavy atom. The van der Waals surface area contributed by atoms with E-state index in [1.165, 1.54) is 19.2 Å². The molecule has 2 rings (SSSR count). The van der Waals surface area contributed by atoms with Crippen molar-refractivity contribution in [3.8, 4) is 0 Å². The van der Waals surface area contributed by atoms with Crippen molar-refractivity contribution in [2.45, 2.75) is 17.0 Å². The minimum absolute atomic E-state index is 0.0386. The Morgan fingerprint density at radius 2 is 1.90 bits per heavy atom. The van der Waals surface area contributed by atoms with Crippen LogP contribution in [0, 0.1) is 0 Å². The summed E-state index contributed by atoms with van der Waals surface area (Å²) >= 11 is 15.2. The summed E-state index contributed by atoms with van der Waals surface area (Å²) in [6.45, 7) is 0.731. The number of likely N-dealkylation sites (N-methyl/N-ethyl adjacent to an activating group) is 1. The molecule has 5 nitrogen and oxygen atoms in total. The average molecular weight is 404 g/mol. The summed E-state index contributed by atoms with van der Waals surface area (Å²) in [7, 11) is -2.48. The van der Waals surface area contributed by atoms with Crippen LogP contribution in [-0.2, 0) is 10.0 Å². The standard InChI is InChI=1S/C11H13BrCl2N2O3S/c1-16(9-4-15-5-10(9)17)20(18,19)11-7(13)2-6(12)3-8(11)14/h2-3,9-10,15,17H,4-5H2,1H3/t9-,10-/m1/s1. The number of halogens is 3. The lowest BCUT2D eigenvalue weighted by atomic mass is 10.2. The van der Waals surface area contributed by atoms with Crippen molar-refractivity contribution in [2.24, 2.45) is 0 Å². The first-order valence-electron chi connectivity index (χ1n) is 5.76. The number of rotatable bonds is 3. The maximum Gasteiger partial charge on any atom is 0.246 e. The fraction of sp³-hybridized carbons (Fsp3) is 0.455. The lowest BCUT2D eigenvalue weighted by Crippen LogP contribution is -2.44. The van der Waals surface area contributed by atoms with E-state index >= 15 is 0 Å². The minimum atomic E-state index is -3.88. The molecule has 9 heteroatoms. The van der Waals surface area contributed by atoms with Crippen LogP contribution >= 0.6 is 39.1 Å². The maximum absolute atomic E-state index is 12.6. The molecule has 1 saturated heterocycles. The van der Waals surface area contributed by atoms with Gasteiger partial charge in [0.05, 0.1) is 22.2 Å². The van der Waals surface area contributed by atoms with Gasteiger partial charge in [-0.3, -0.25) is 0 Å². The van der Waals surface area contributed by atoms with Crippen molar-refractivity contribution < 1.29 is 13.5 Å². The zero-order valence-corrected chi connectivity index (χ0v) is 14.4. The zero-order chi connectivity index (χ0) is 15.1. The quantitative estimate of drug-likeness (QED) is 0.805. The molecular weight excluding hydrogens is 391 g/mol. The molecule has 0 spiro atoms. The third kappa shape index (κ3) is 2.99. The SMILES string of the molecule is CN([C@@H]1CNC[C@H]1O)S(=O)(=O)c1c(Cl)cc(Br)cc1Cl. The van der Waals surface area contributed by atoms with Crippen molar-refractivity contribution >= 4 is 49.2 Å². The number of β-amino-alcohol motifs (C(OH)–C–C–N with tert-alkyl or cyclic N) is 1. The number of sulfonamides is 1. The molecule has 1 fully saturated rings. The van der Waals surface area contributed by atoms with Crippen LogP contribution < -0.4 is 5.32 Å². The molecule has 1 aliphatic heterocycles. The van der Waals surface area contributed by atoms with Crippen LogP contribution in [0.25, 0.3) is 0 Å². The Balaban J connectivity index is 2.45. The van der Waals surface area contributed by atoms with Crippen molar-refractivity contribution in [1.82, 2.24) is 9.62 Å². The van der Waals surface area contributed by atoms with Gasteiger partial charge < -0.3 is 10.4 Å². The monoisotopic (exact) mass is 402 g/mol. The molecule has 2 N–H and O–H groups in total. The molecule has 0 unspecified atom stereocenters. The van der Waals surface area contributed by atoms with Gasteiger partial charge in [-0.15, -0.1) is 0 Å². The Hall–Kier alpha value is 0.110. The van der Waals surface area contributed by atoms with Gasteiger partial charge in [0.2, 0.25) is 10.0 Å². The fourth-order valence-electron chi connectivity index (χ4n) is 2.12. The molecule has 1 heterocycles. The van der Waals surface area contributed by atoms with E-state index < -0.39 is 22.2 Å². The lowest BCUT2D eigenvalue weighted by molar-refractivity contribution is 0.136. The van der Waals surface area contributed by atoms with Gasteiger partial charge in [-0.2, -0.15) is 4.31 Å². The molecule has 2 atom stereocenters. The molecule has 112 valence electrons. The molecule has 0 radical (unpaired) electrons. The third-order valence-corrected chi connectivity index (χ3v) is 6.48. The lowest BCUT2D eigenvalue weighted by Gasteiger charge is -2.26. The molecule has 20 heavy (non-hydrogen) atoms. The molecule has 0 saturated carbocycles. The van der Waals surface area contributed by atoms with Crippen LogP contribution in [0.2, 0.25) is 10.0 Å². The van der Waals surface area contributed by atoms with Gasteiger partial charge >= 0.3 is 0 Å². The molecular formula is C11H13BrCl2N2O3S. The summed E-state index contributed by atoms with van der Waals surface area (Å²) in [6.07, 6.45) is -0.761. The molecule has 0 aromatic heterocycles. The van der Waals surface area contributed by atoms with Gasteiger partial charge in [0, 0.05) is 24.6 Å². The largest absolute Gasteiger partial charge is 0.390 e. The van der Waals surface area contributed by atoms with Crippen molar-refractivity contribution in [3.05, 3.63) is 26.7 Å². The maximum atomic E-state index is 12.6. The van der Waals surface area contributed by atoms with Crippen LogP contribution in [0.15, 0.2) is 21.5 Å². The Bertz CT molecular complexity index is 603. The van der Waals surface area contributed by atoms with Crippen LogP contribution in [0.3, 0.4) is 0 Å². The van der Waals surface area contributed by atoms with Gasteiger partial charge in [0.15, 0.2) is 0 Å². The van der Waals surface area contributed by atoms with Crippen LogP contribution in [-0.4, -0.2) is 50.1 Å². The highest BCUT2D eigenvalue weighted by atomic mass is 79.9. The van der Waals surface area contributed by atoms with E-state index in [2.05, 4.69) is 21.2 Å². The van der Waals surface area contributed by atoms with Crippen molar-refractivity contribution in [2.75, 3.05) is 20.1 Å². The molecule has 0 bridgehead atoms. The fourth-order valence-corrected chi connectivity index (χ4v) is 5.38. The van der Waals surface area contributed by atoms with E-state index in [-0.39, 0.29) is 14.9 Å². The van der Waals surface area contributed by atoms with E-state index in [1.54, 1.807) is 0 Å². The second-order valence-corrected chi connectivity index (χ2v) is 8.18. The summed E-state index contributed by atoms with van der Waals surface area (Å²) in [5, 5.41) is 12.8. The summed E-state index contributed by atoms with van der Waals surface area (Å²) in [5.74, 6) is 0. The summed E-state index contributed by atoms with van der Waals surface area (Å²) < 4.78 is 26.9. The zero-order valence-electron chi connectivity index (χ0n) is 10.5. The Kier molecular flexibility index (Phi) is 5.01. The number of benzene rings is 1. The number of hydrogen-bond acceptors (Lipinski definition) is 4. The summed E-state index contributed by atoms with van der Waals surface area (Å²) in [6, 6.07) is 2.39. The number of aliphatic hydroxyl groups is 1. The summed E-state index contributed by atoms with van der Waals surface area (Å²) in [4.78, 5) is -0.148. The highest BCUT2D eigenvalue weighted by molar-refractivity contribution is 9.10. The van der Waals surface area contributed by atoms with E-state index in [9.17, 15) is 13.5 Å². The second kappa shape index (κ2) is 6.08. The first kappa shape index (κ1) is 16.5. The van der Waals surface area contributed by atoms with Crippen molar-refractivity contribution in [3.63, 3.8) is 0 Å². The smallest absolute Gasteiger partial charge is 0.246 e.